The Morgan fingerprint density at radius 2 is 0.444 bits per heavy atom. The van der Waals surface area contributed by atoms with E-state index in [1.807, 2.05) is 0 Å². The first kappa shape index (κ1) is 36.0. The van der Waals surface area contributed by atoms with Gasteiger partial charge in [0.15, 0.2) is 0 Å². The number of hydrogen-bond donors (Lipinski definition) is 1. The second kappa shape index (κ2) is 33.0. The maximum atomic E-state index is 6.38. The summed E-state index contributed by atoms with van der Waals surface area (Å²) in [5.41, 5.74) is 6.38. The second-order valence-electron chi connectivity index (χ2n) is 12.2. The van der Waals surface area contributed by atoms with Crippen molar-refractivity contribution in [3.8, 4) is 0 Å². The number of nitrogens with two attached hydrogens (primary N) is 1. The highest BCUT2D eigenvalue weighted by molar-refractivity contribution is 4.62. The highest BCUT2D eigenvalue weighted by Gasteiger charge is 2.03. The molecule has 0 saturated heterocycles. The maximum absolute atomic E-state index is 6.38. The van der Waals surface area contributed by atoms with Crippen LogP contribution in [0.5, 0.6) is 0 Å². The van der Waals surface area contributed by atoms with E-state index in [0.717, 1.165) is 0 Å². The molecule has 0 aliphatic carbocycles. The van der Waals surface area contributed by atoms with Gasteiger partial charge in [-0.1, -0.05) is 206 Å². The van der Waals surface area contributed by atoms with Gasteiger partial charge in [-0.05, 0) is 12.8 Å². The van der Waals surface area contributed by atoms with Crippen molar-refractivity contribution >= 4 is 0 Å². The Balaban J connectivity index is 3.13. The van der Waals surface area contributed by atoms with Crippen molar-refractivity contribution in [1.29, 1.82) is 0 Å². The Morgan fingerprint density at radius 3 is 0.639 bits per heavy atom. The van der Waals surface area contributed by atoms with Crippen LogP contribution in [0.3, 0.4) is 0 Å². The molecule has 0 saturated carbocycles. The first-order valence-corrected chi connectivity index (χ1v) is 17.6. The molecule has 0 fully saturated rings. The van der Waals surface area contributed by atoms with Crippen LogP contribution < -0.4 is 5.73 Å². The van der Waals surface area contributed by atoms with Gasteiger partial charge in [0.2, 0.25) is 0 Å². The molecule has 1 nitrogen and oxygen atoms in total. The summed E-state index contributed by atoms with van der Waals surface area (Å²) in [5, 5.41) is 0. The van der Waals surface area contributed by atoms with E-state index in [0.29, 0.717) is 6.04 Å². The largest absolute Gasteiger partial charge is 0.328 e. The average molecular weight is 508 g/mol. The summed E-state index contributed by atoms with van der Waals surface area (Å²) in [5.74, 6) is 0. The van der Waals surface area contributed by atoms with Crippen LogP contribution in [0.4, 0.5) is 0 Å². The molecular formula is C35H73N. The fourth-order valence-corrected chi connectivity index (χ4v) is 5.70. The molecule has 1 atom stereocenters. The summed E-state index contributed by atoms with van der Waals surface area (Å²) in [6.45, 7) is 4.61. The minimum atomic E-state index is 0.467. The smallest absolute Gasteiger partial charge is 0.00388 e. The van der Waals surface area contributed by atoms with E-state index in [1.165, 1.54) is 205 Å². The summed E-state index contributed by atoms with van der Waals surface area (Å²) in [6.07, 6.45) is 45.9. The van der Waals surface area contributed by atoms with Crippen LogP contribution in [-0.2, 0) is 0 Å². The highest BCUT2D eigenvalue weighted by Crippen LogP contribution is 2.16. The molecule has 0 heterocycles. The lowest BCUT2D eigenvalue weighted by Crippen LogP contribution is -2.19. The van der Waals surface area contributed by atoms with Gasteiger partial charge < -0.3 is 5.73 Å². The Hall–Kier alpha value is -0.0400. The average Bonchev–Trinajstić information content (AvgIpc) is 2.88. The quantitative estimate of drug-likeness (QED) is 0.0900. The second-order valence-corrected chi connectivity index (χ2v) is 12.2. The lowest BCUT2D eigenvalue weighted by atomic mass is 10.00. The van der Waals surface area contributed by atoms with E-state index in [9.17, 15) is 0 Å². The molecule has 0 spiro atoms. The molecule has 0 radical (unpaired) electrons. The van der Waals surface area contributed by atoms with Gasteiger partial charge in [-0.2, -0.15) is 0 Å². The van der Waals surface area contributed by atoms with Crippen LogP contribution in [0.25, 0.3) is 0 Å². The number of hydrogen-bond acceptors (Lipinski definition) is 1. The molecule has 36 heavy (non-hydrogen) atoms. The van der Waals surface area contributed by atoms with E-state index in [-0.39, 0.29) is 0 Å². The van der Waals surface area contributed by atoms with Crippen LogP contribution >= 0.6 is 0 Å². The predicted molar refractivity (Wildman–Crippen MR) is 167 cm³/mol. The molecule has 0 aliphatic heterocycles. The molecule has 0 rings (SSSR count). The molecule has 0 aromatic heterocycles. The molecule has 2 N–H and O–H groups in total. The minimum Gasteiger partial charge on any atom is -0.328 e. The van der Waals surface area contributed by atoms with Crippen molar-refractivity contribution in [2.75, 3.05) is 0 Å². The molecular weight excluding hydrogens is 434 g/mol. The van der Waals surface area contributed by atoms with Gasteiger partial charge >= 0.3 is 0 Å². The molecule has 218 valence electrons. The maximum Gasteiger partial charge on any atom is 0.00388 e. The van der Waals surface area contributed by atoms with Crippen LogP contribution in [-0.4, -0.2) is 6.04 Å². The van der Waals surface area contributed by atoms with Crippen molar-refractivity contribution in [3.63, 3.8) is 0 Å². The fourth-order valence-electron chi connectivity index (χ4n) is 5.70. The van der Waals surface area contributed by atoms with E-state index < -0.39 is 0 Å². The Labute approximate surface area is 230 Å². The lowest BCUT2D eigenvalue weighted by Gasteiger charge is -2.11. The van der Waals surface area contributed by atoms with E-state index in [1.54, 1.807) is 0 Å². The number of unbranched alkanes of at least 4 members (excludes halogenated alkanes) is 28. The van der Waals surface area contributed by atoms with Crippen LogP contribution in [0.15, 0.2) is 0 Å². The summed E-state index contributed by atoms with van der Waals surface area (Å²) >= 11 is 0. The van der Waals surface area contributed by atoms with Gasteiger partial charge in [0.1, 0.15) is 0 Å². The van der Waals surface area contributed by atoms with Gasteiger partial charge in [-0.15, -0.1) is 0 Å². The van der Waals surface area contributed by atoms with Crippen molar-refractivity contribution < 1.29 is 0 Å². The fraction of sp³-hybridized carbons (Fsp3) is 1.00. The summed E-state index contributed by atoms with van der Waals surface area (Å²) in [7, 11) is 0. The van der Waals surface area contributed by atoms with E-state index in [2.05, 4.69) is 13.8 Å². The van der Waals surface area contributed by atoms with Crippen LogP contribution in [0.1, 0.15) is 219 Å². The first-order valence-electron chi connectivity index (χ1n) is 17.6. The Morgan fingerprint density at radius 1 is 0.278 bits per heavy atom. The van der Waals surface area contributed by atoms with Gasteiger partial charge in [0, 0.05) is 6.04 Å². The summed E-state index contributed by atoms with van der Waals surface area (Å²) in [4.78, 5) is 0. The predicted octanol–water partition coefficient (Wildman–Crippen LogP) is 12.8. The van der Waals surface area contributed by atoms with Crippen LogP contribution in [0, 0.1) is 0 Å². The molecule has 0 bridgehead atoms. The molecule has 0 aromatic carbocycles. The number of rotatable bonds is 32. The summed E-state index contributed by atoms with van der Waals surface area (Å²) in [6, 6.07) is 0.467. The van der Waals surface area contributed by atoms with Crippen molar-refractivity contribution in [1.82, 2.24) is 0 Å². The third kappa shape index (κ3) is 32.0. The van der Waals surface area contributed by atoms with Gasteiger partial charge in [0.25, 0.3) is 0 Å². The van der Waals surface area contributed by atoms with Crippen molar-refractivity contribution in [3.05, 3.63) is 0 Å². The monoisotopic (exact) mass is 508 g/mol. The topological polar surface area (TPSA) is 26.0 Å². The normalized spacial score (nSPS) is 12.4. The highest BCUT2D eigenvalue weighted by atomic mass is 14.6. The Kier molecular flexibility index (Phi) is 33.0. The van der Waals surface area contributed by atoms with Crippen molar-refractivity contribution in [2.45, 2.75) is 225 Å². The standard InChI is InChI=1S/C35H73N/c1-3-5-7-9-11-13-15-17-19-20-22-24-26-28-30-32-34-35(36)33-31-29-27-25-23-21-18-16-14-12-10-8-6-4-2/h35H,3-34,36H2,1-2H3. The zero-order chi connectivity index (χ0) is 26.2. The minimum absolute atomic E-state index is 0.467. The van der Waals surface area contributed by atoms with Gasteiger partial charge in [-0.3, -0.25) is 0 Å². The summed E-state index contributed by atoms with van der Waals surface area (Å²) < 4.78 is 0. The van der Waals surface area contributed by atoms with Crippen molar-refractivity contribution in [2.24, 2.45) is 5.73 Å². The third-order valence-corrected chi connectivity index (χ3v) is 8.36. The van der Waals surface area contributed by atoms with Gasteiger partial charge in [-0.25, -0.2) is 0 Å². The molecule has 0 aromatic rings. The van der Waals surface area contributed by atoms with Crippen LogP contribution in [0.2, 0.25) is 0 Å². The molecule has 0 amide bonds. The SMILES string of the molecule is CCCCCCCCCCCCCCCCCCC(N)CCCCCCCCCCCCCCCC. The van der Waals surface area contributed by atoms with Gasteiger partial charge in [0.05, 0.1) is 0 Å². The van der Waals surface area contributed by atoms with E-state index >= 15 is 0 Å². The lowest BCUT2D eigenvalue weighted by molar-refractivity contribution is 0.477. The zero-order valence-electron chi connectivity index (χ0n) is 25.8. The molecule has 1 heteroatoms. The Bertz CT molecular complexity index is 366. The zero-order valence-corrected chi connectivity index (χ0v) is 25.8. The van der Waals surface area contributed by atoms with E-state index in [4.69, 9.17) is 5.73 Å². The first-order chi connectivity index (χ1) is 17.8. The molecule has 0 aliphatic rings. The third-order valence-electron chi connectivity index (χ3n) is 8.36. The molecule has 1 unspecified atom stereocenters.